The molecule has 2 fully saturated rings. The van der Waals surface area contributed by atoms with Gasteiger partial charge in [0.2, 0.25) is 5.89 Å². The van der Waals surface area contributed by atoms with E-state index in [1.165, 1.54) is 25.8 Å². The van der Waals surface area contributed by atoms with Crippen molar-refractivity contribution >= 4 is 0 Å². The van der Waals surface area contributed by atoms with Gasteiger partial charge in [0.25, 0.3) is 0 Å². The van der Waals surface area contributed by atoms with Gasteiger partial charge in [-0.15, -0.1) is 0 Å². The molecule has 0 spiro atoms. The third-order valence-electron chi connectivity index (χ3n) is 4.42. The lowest BCUT2D eigenvalue weighted by Gasteiger charge is -2.40. The fourth-order valence-corrected chi connectivity index (χ4v) is 3.06. The molecule has 2 heterocycles. The van der Waals surface area contributed by atoms with Crippen LogP contribution in [-0.2, 0) is 6.42 Å². The molecule has 2 unspecified atom stereocenters. The highest BCUT2D eigenvalue weighted by molar-refractivity contribution is 4.95. The van der Waals surface area contributed by atoms with E-state index in [9.17, 15) is 0 Å². The molecule has 2 aliphatic rings. The van der Waals surface area contributed by atoms with Crippen LogP contribution in [0.2, 0.25) is 0 Å². The fourth-order valence-electron chi connectivity index (χ4n) is 3.06. The Morgan fingerprint density at radius 1 is 1.42 bits per heavy atom. The SMILES string of the molecule is CCC1CNC(C2CC2)CN1CCc1noc(C)n1. The van der Waals surface area contributed by atoms with Crippen LogP contribution in [0.15, 0.2) is 4.52 Å². The summed E-state index contributed by atoms with van der Waals surface area (Å²) in [5, 5.41) is 7.71. The van der Waals surface area contributed by atoms with E-state index in [4.69, 9.17) is 4.52 Å². The zero-order chi connectivity index (χ0) is 13.2. The molecule has 1 aliphatic heterocycles. The van der Waals surface area contributed by atoms with Gasteiger partial charge >= 0.3 is 0 Å². The van der Waals surface area contributed by atoms with E-state index in [0.717, 1.165) is 31.3 Å². The van der Waals surface area contributed by atoms with Gasteiger partial charge in [-0.25, -0.2) is 0 Å². The summed E-state index contributed by atoms with van der Waals surface area (Å²) in [7, 11) is 0. The van der Waals surface area contributed by atoms with Gasteiger partial charge in [0.05, 0.1) is 0 Å². The Kier molecular flexibility index (Phi) is 3.84. The number of aromatic nitrogens is 2. The number of aryl methyl sites for hydroxylation is 1. The lowest BCUT2D eigenvalue weighted by atomic mass is 10.0. The summed E-state index contributed by atoms with van der Waals surface area (Å²) in [6.07, 6.45) is 4.92. The van der Waals surface area contributed by atoms with Crippen LogP contribution in [0.25, 0.3) is 0 Å². The van der Waals surface area contributed by atoms with Gasteiger partial charge in [0.15, 0.2) is 5.82 Å². The number of rotatable bonds is 5. The molecule has 19 heavy (non-hydrogen) atoms. The standard InChI is InChI=1S/C14H24N4O/c1-3-12-8-15-13(11-4-5-11)9-18(12)7-6-14-16-10(2)19-17-14/h11-13,15H,3-9H2,1-2H3. The Balaban J connectivity index is 1.56. The van der Waals surface area contributed by atoms with Crippen molar-refractivity contribution in [1.29, 1.82) is 0 Å². The summed E-state index contributed by atoms with van der Waals surface area (Å²) in [6, 6.07) is 1.36. The second-order valence-electron chi connectivity index (χ2n) is 5.89. The van der Waals surface area contributed by atoms with Gasteiger partial charge in [-0.05, 0) is 25.2 Å². The van der Waals surface area contributed by atoms with Crippen LogP contribution in [0.4, 0.5) is 0 Å². The average molecular weight is 264 g/mol. The Morgan fingerprint density at radius 2 is 2.26 bits per heavy atom. The van der Waals surface area contributed by atoms with Crippen LogP contribution in [0.3, 0.4) is 0 Å². The summed E-state index contributed by atoms with van der Waals surface area (Å²) in [5.41, 5.74) is 0. The normalized spacial score (nSPS) is 28.7. The van der Waals surface area contributed by atoms with Crippen molar-refractivity contribution in [2.75, 3.05) is 19.6 Å². The van der Waals surface area contributed by atoms with E-state index >= 15 is 0 Å². The summed E-state index contributed by atoms with van der Waals surface area (Å²) >= 11 is 0. The molecule has 0 amide bonds. The van der Waals surface area contributed by atoms with Crippen LogP contribution in [0.1, 0.15) is 37.9 Å². The predicted octanol–water partition coefficient (Wildman–Crippen LogP) is 1.38. The van der Waals surface area contributed by atoms with Crippen LogP contribution < -0.4 is 5.32 Å². The number of hydrogen-bond acceptors (Lipinski definition) is 5. The van der Waals surface area contributed by atoms with Crippen molar-refractivity contribution in [3.63, 3.8) is 0 Å². The topological polar surface area (TPSA) is 54.2 Å². The van der Waals surface area contributed by atoms with Gasteiger partial charge in [-0.1, -0.05) is 12.1 Å². The van der Waals surface area contributed by atoms with E-state index in [0.29, 0.717) is 18.0 Å². The number of hydrogen-bond donors (Lipinski definition) is 1. The van der Waals surface area contributed by atoms with Gasteiger partial charge in [0, 0.05) is 45.1 Å². The zero-order valence-corrected chi connectivity index (χ0v) is 11.9. The molecular weight excluding hydrogens is 240 g/mol. The molecule has 1 N–H and O–H groups in total. The first kappa shape index (κ1) is 13.1. The highest BCUT2D eigenvalue weighted by Crippen LogP contribution is 2.34. The lowest BCUT2D eigenvalue weighted by Crippen LogP contribution is -2.57. The van der Waals surface area contributed by atoms with Gasteiger partial charge in [0.1, 0.15) is 0 Å². The first-order chi connectivity index (χ1) is 9.26. The van der Waals surface area contributed by atoms with E-state index in [1.54, 1.807) is 0 Å². The third-order valence-corrected chi connectivity index (χ3v) is 4.42. The van der Waals surface area contributed by atoms with Gasteiger partial charge in [-0.3, -0.25) is 4.90 Å². The number of piperazine rings is 1. The molecule has 106 valence electrons. The van der Waals surface area contributed by atoms with Crippen molar-refractivity contribution in [3.8, 4) is 0 Å². The monoisotopic (exact) mass is 264 g/mol. The van der Waals surface area contributed by atoms with Crippen molar-refractivity contribution in [2.24, 2.45) is 5.92 Å². The second-order valence-corrected chi connectivity index (χ2v) is 5.89. The summed E-state index contributed by atoms with van der Waals surface area (Å²) in [6.45, 7) is 7.47. The minimum atomic E-state index is 0.656. The summed E-state index contributed by atoms with van der Waals surface area (Å²) in [4.78, 5) is 6.91. The molecular formula is C14H24N4O. The molecule has 1 saturated carbocycles. The largest absolute Gasteiger partial charge is 0.340 e. The summed E-state index contributed by atoms with van der Waals surface area (Å²) in [5.74, 6) is 2.43. The van der Waals surface area contributed by atoms with Crippen LogP contribution in [-0.4, -0.2) is 46.8 Å². The van der Waals surface area contributed by atoms with Crippen LogP contribution in [0, 0.1) is 12.8 Å². The quantitative estimate of drug-likeness (QED) is 0.871. The number of nitrogens with one attached hydrogen (secondary N) is 1. The van der Waals surface area contributed by atoms with E-state index in [-0.39, 0.29) is 0 Å². The Bertz CT molecular complexity index is 415. The summed E-state index contributed by atoms with van der Waals surface area (Å²) < 4.78 is 5.03. The molecule has 5 nitrogen and oxygen atoms in total. The molecule has 0 bridgehead atoms. The van der Waals surface area contributed by atoms with Crippen molar-refractivity contribution in [2.45, 2.75) is 51.6 Å². The molecule has 1 aromatic heterocycles. The van der Waals surface area contributed by atoms with Crippen LogP contribution in [0.5, 0.6) is 0 Å². The Hall–Kier alpha value is -0.940. The van der Waals surface area contributed by atoms with Gasteiger partial charge < -0.3 is 9.84 Å². The highest BCUT2D eigenvalue weighted by Gasteiger charge is 2.36. The maximum atomic E-state index is 5.03. The zero-order valence-electron chi connectivity index (χ0n) is 11.9. The van der Waals surface area contributed by atoms with Crippen LogP contribution >= 0.6 is 0 Å². The Labute approximate surface area is 114 Å². The second kappa shape index (κ2) is 5.59. The third kappa shape index (κ3) is 3.15. The molecule has 1 aliphatic carbocycles. The lowest BCUT2D eigenvalue weighted by molar-refractivity contribution is 0.119. The molecule has 0 radical (unpaired) electrons. The highest BCUT2D eigenvalue weighted by atomic mass is 16.5. The number of nitrogens with zero attached hydrogens (tertiary/aromatic N) is 3. The maximum Gasteiger partial charge on any atom is 0.223 e. The minimum absolute atomic E-state index is 0.656. The van der Waals surface area contributed by atoms with E-state index in [1.807, 2.05) is 6.92 Å². The van der Waals surface area contributed by atoms with E-state index < -0.39 is 0 Å². The molecule has 0 aromatic carbocycles. The minimum Gasteiger partial charge on any atom is -0.340 e. The van der Waals surface area contributed by atoms with E-state index in [2.05, 4.69) is 27.3 Å². The average Bonchev–Trinajstić information content (AvgIpc) is 3.19. The molecule has 1 saturated heterocycles. The van der Waals surface area contributed by atoms with Crippen molar-refractivity contribution in [3.05, 3.63) is 11.7 Å². The molecule has 3 rings (SSSR count). The smallest absolute Gasteiger partial charge is 0.223 e. The van der Waals surface area contributed by atoms with Gasteiger partial charge in [-0.2, -0.15) is 4.98 Å². The fraction of sp³-hybridized carbons (Fsp3) is 0.857. The van der Waals surface area contributed by atoms with Crippen molar-refractivity contribution in [1.82, 2.24) is 20.4 Å². The molecule has 5 heteroatoms. The first-order valence-electron chi connectivity index (χ1n) is 7.53. The maximum absolute atomic E-state index is 5.03. The predicted molar refractivity (Wildman–Crippen MR) is 72.9 cm³/mol. The Morgan fingerprint density at radius 3 is 2.89 bits per heavy atom. The molecule has 2 atom stereocenters. The van der Waals surface area contributed by atoms with Crippen molar-refractivity contribution < 1.29 is 4.52 Å². The first-order valence-corrected chi connectivity index (χ1v) is 7.53. The molecule has 1 aromatic rings.